The summed E-state index contributed by atoms with van der Waals surface area (Å²) in [4.78, 5) is 26.6. The highest BCUT2D eigenvalue weighted by Gasteiger charge is 2.58. The number of hydrogen-bond acceptors (Lipinski definition) is 6. The fraction of sp³-hybridized carbons (Fsp3) is 0.391. The highest BCUT2D eigenvalue weighted by molar-refractivity contribution is 5.77. The third-order valence-corrected chi connectivity index (χ3v) is 5.39. The molecule has 2 saturated heterocycles. The highest BCUT2D eigenvalue weighted by atomic mass is 16.7. The average molecular weight is 411 g/mol. The Labute approximate surface area is 175 Å². The molecular formula is C23H25NO6. The Morgan fingerprint density at radius 2 is 1.77 bits per heavy atom. The van der Waals surface area contributed by atoms with Crippen molar-refractivity contribution < 1.29 is 28.5 Å². The molecule has 7 nitrogen and oxygen atoms in total. The predicted molar refractivity (Wildman–Crippen MR) is 107 cm³/mol. The molecule has 158 valence electrons. The fourth-order valence-corrected chi connectivity index (χ4v) is 4.06. The number of benzene rings is 2. The van der Waals surface area contributed by atoms with Gasteiger partial charge in [-0.25, -0.2) is 4.79 Å². The van der Waals surface area contributed by atoms with Gasteiger partial charge in [-0.1, -0.05) is 60.7 Å². The molecule has 0 spiro atoms. The maximum Gasteiger partial charge on any atom is 0.410 e. The molecule has 2 aromatic carbocycles. The third-order valence-electron chi connectivity index (χ3n) is 5.39. The summed E-state index contributed by atoms with van der Waals surface area (Å²) < 4.78 is 22.8. The molecule has 2 aliphatic heterocycles. The second-order valence-corrected chi connectivity index (χ2v) is 7.33. The zero-order chi connectivity index (χ0) is 21.0. The second kappa shape index (κ2) is 8.85. The molecule has 1 amide bonds. The van der Waals surface area contributed by atoms with Crippen molar-refractivity contribution in [3.05, 3.63) is 71.8 Å². The van der Waals surface area contributed by atoms with Crippen LogP contribution in [0.4, 0.5) is 4.79 Å². The molecule has 3 atom stereocenters. The number of rotatable bonds is 8. The molecule has 0 aromatic heterocycles. The summed E-state index contributed by atoms with van der Waals surface area (Å²) >= 11 is 0. The Morgan fingerprint density at radius 3 is 2.47 bits per heavy atom. The number of nitrogens with zero attached hydrogens (tertiary/aromatic N) is 1. The largest absolute Gasteiger partial charge is 0.447 e. The minimum absolute atomic E-state index is 0.0113. The number of hydrogen-bond donors (Lipinski definition) is 0. The molecule has 0 saturated carbocycles. The smallest absolute Gasteiger partial charge is 0.410 e. The van der Waals surface area contributed by atoms with Gasteiger partial charge in [-0.05, 0) is 18.1 Å². The molecule has 0 aliphatic carbocycles. The van der Waals surface area contributed by atoms with Crippen LogP contribution in [-0.2, 0) is 30.3 Å². The molecule has 7 heteroatoms. The normalized spacial score (nSPS) is 26.0. The van der Waals surface area contributed by atoms with Crippen LogP contribution >= 0.6 is 0 Å². The zero-order valence-corrected chi connectivity index (χ0v) is 16.9. The summed E-state index contributed by atoms with van der Waals surface area (Å²) in [5.41, 5.74) is 1.92. The van der Waals surface area contributed by atoms with Crippen LogP contribution < -0.4 is 0 Å². The summed E-state index contributed by atoms with van der Waals surface area (Å²) in [7, 11) is 0. The zero-order valence-electron chi connectivity index (χ0n) is 16.9. The first-order chi connectivity index (χ1) is 14.6. The molecule has 0 bridgehead atoms. The second-order valence-electron chi connectivity index (χ2n) is 7.33. The molecule has 3 unspecified atom stereocenters. The molecule has 0 radical (unpaired) electrons. The van der Waals surface area contributed by atoms with Crippen LogP contribution in [0.15, 0.2) is 60.7 Å². The number of amides is 1. The summed E-state index contributed by atoms with van der Waals surface area (Å²) in [6.45, 7) is 2.68. The van der Waals surface area contributed by atoms with Crippen molar-refractivity contribution in [3.63, 3.8) is 0 Å². The Morgan fingerprint density at radius 1 is 1.07 bits per heavy atom. The molecule has 2 fully saturated rings. The maximum atomic E-state index is 12.7. The lowest BCUT2D eigenvalue weighted by Gasteiger charge is -2.38. The van der Waals surface area contributed by atoms with Gasteiger partial charge in [-0.15, -0.1) is 0 Å². The lowest BCUT2D eigenvalue weighted by atomic mass is 10.00. The number of cyclic esters (lactones) is 2. The molecule has 2 aromatic rings. The molecule has 4 rings (SSSR count). The monoisotopic (exact) mass is 411 g/mol. The standard InChI is InChI=1S/C23H25NO6/c1-2-29-23(16-27-14-17-9-5-3-6-10-17)20(13-21(25)30-23)24-19(15-28-22(24)26)18-11-7-4-8-12-18/h3-12,19-20H,2,13-16H2,1H3. The van der Waals surface area contributed by atoms with E-state index in [1.54, 1.807) is 4.90 Å². The first-order valence-electron chi connectivity index (χ1n) is 10.1. The van der Waals surface area contributed by atoms with Crippen LogP contribution in [0.1, 0.15) is 30.5 Å². The average Bonchev–Trinajstić information content (AvgIpc) is 3.29. The van der Waals surface area contributed by atoms with Gasteiger partial charge in [0.25, 0.3) is 5.79 Å². The van der Waals surface area contributed by atoms with Crippen LogP contribution in [0.5, 0.6) is 0 Å². The van der Waals surface area contributed by atoms with Gasteiger partial charge in [0.2, 0.25) is 0 Å². The number of ether oxygens (including phenoxy) is 4. The van der Waals surface area contributed by atoms with Crippen LogP contribution in [0.2, 0.25) is 0 Å². The maximum absolute atomic E-state index is 12.7. The van der Waals surface area contributed by atoms with E-state index in [9.17, 15) is 9.59 Å². The quantitative estimate of drug-likeness (QED) is 0.620. The fourth-order valence-electron chi connectivity index (χ4n) is 4.06. The van der Waals surface area contributed by atoms with Crippen LogP contribution in [0.25, 0.3) is 0 Å². The van der Waals surface area contributed by atoms with Gasteiger partial charge in [0, 0.05) is 6.61 Å². The van der Waals surface area contributed by atoms with E-state index >= 15 is 0 Å². The molecule has 30 heavy (non-hydrogen) atoms. The summed E-state index contributed by atoms with van der Waals surface area (Å²) in [5.74, 6) is -1.81. The Hall–Kier alpha value is -2.90. The van der Waals surface area contributed by atoms with E-state index in [1.165, 1.54) is 0 Å². The van der Waals surface area contributed by atoms with E-state index in [2.05, 4.69) is 0 Å². The van der Waals surface area contributed by atoms with E-state index in [0.29, 0.717) is 13.2 Å². The van der Waals surface area contributed by atoms with E-state index in [1.807, 2.05) is 67.6 Å². The summed E-state index contributed by atoms with van der Waals surface area (Å²) in [5, 5.41) is 0. The van der Waals surface area contributed by atoms with E-state index in [0.717, 1.165) is 11.1 Å². The third kappa shape index (κ3) is 4.04. The Balaban J connectivity index is 1.58. The van der Waals surface area contributed by atoms with Crippen LogP contribution in [0, 0.1) is 0 Å². The number of carbonyl (C=O) groups excluding carboxylic acids is 2. The van der Waals surface area contributed by atoms with Gasteiger partial charge in [0.1, 0.15) is 19.3 Å². The van der Waals surface area contributed by atoms with Gasteiger partial charge < -0.3 is 18.9 Å². The van der Waals surface area contributed by atoms with Crippen molar-refractivity contribution in [1.29, 1.82) is 0 Å². The number of carbonyl (C=O) groups is 2. The van der Waals surface area contributed by atoms with Crippen molar-refractivity contribution in [2.45, 2.75) is 37.8 Å². The van der Waals surface area contributed by atoms with Crippen molar-refractivity contribution in [1.82, 2.24) is 4.90 Å². The minimum atomic E-state index is -1.38. The minimum Gasteiger partial charge on any atom is -0.447 e. The van der Waals surface area contributed by atoms with Gasteiger partial charge in [-0.3, -0.25) is 9.69 Å². The molecule has 2 aliphatic rings. The topological polar surface area (TPSA) is 74.3 Å². The van der Waals surface area contributed by atoms with E-state index in [-0.39, 0.29) is 25.7 Å². The van der Waals surface area contributed by atoms with Crippen molar-refractivity contribution in [3.8, 4) is 0 Å². The lowest BCUT2D eigenvalue weighted by Crippen LogP contribution is -2.55. The Kier molecular flexibility index (Phi) is 6.01. The first kappa shape index (κ1) is 20.4. The van der Waals surface area contributed by atoms with Crippen LogP contribution in [-0.4, -0.2) is 48.6 Å². The van der Waals surface area contributed by atoms with Gasteiger partial charge in [0.05, 0.1) is 19.1 Å². The first-order valence-corrected chi connectivity index (χ1v) is 10.1. The molecule has 0 N–H and O–H groups in total. The predicted octanol–water partition coefficient (Wildman–Crippen LogP) is 3.45. The van der Waals surface area contributed by atoms with Crippen LogP contribution in [0.3, 0.4) is 0 Å². The van der Waals surface area contributed by atoms with Gasteiger partial charge in [-0.2, -0.15) is 0 Å². The highest BCUT2D eigenvalue weighted by Crippen LogP contribution is 2.40. The summed E-state index contributed by atoms with van der Waals surface area (Å²) in [6, 6.07) is 18.3. The van der Waals surface area contributed by atoms with E-state index in [4.69, 9.17) is 18.9 Å². The van der Waals surface area contributed by atoms with Gasteiger partial charge >= 0.3 is 12.1 Å². The SMILES string of the molecule is CCOC1(COCc2ccccc2)OC(=O)CC1N1C(=O)OCC1c1ccccc1. The van der Waals surface area contributed by atoms with Gasteiger partial charge in [0.15, 0.2) is 0 Å². The molecular weight excluding hydrogens is 386 g/mol. The Bertz CT molecular complexity index is 874. The van der Waals surface area contributed by atoms with Crippen molar-refractivity contribution in [2.24, 2.45) is 0 Å². The lowest BCUT2D eigenvalue weighted by molar-refractivity contribution is -0.251. The summed E-state index contributed by atoms with van der Waals surface area (Å²) in [6.07, 6.45) is -0.466. The van der Waals surface area contributed by atoms with E-state index < -0.39 is 23.9 Å². The van der Waals surface area contributed by atoms with Crippen molar-refractivity contribution >= 4 is 12.1 Å². The molecule has 2 heterocycles. The van der Waals surface area contributed by atoms with Crippen molar-refractivity contribution in [2.75, 3.05) is 19.8 Å². The number of esters is 1.